The van der Waals surface area contributed by atoms with E-state index < -0.39 is 0 Å². The Bertz CT molecular complexity index is 414. The van der Waals surface area contributed by atoms with Gasteiger partial charge in [0.25, 0.3) is 0 Å². The first-order valence-corrected chi connectivity index (χ1v) is 6.77. The van der Waals surface area contributed by atoms with Gasteiger partial charge in [0.15, 0.2) is 0 Å². The predicted octanol–water partition coefficient (Wildman–Crippen LogP) is 3.34. The van der Waals surface area contributed by atoms with Gasteiger partial charge in [0.2, 0.25) is 5.91 Å². The van der Waals surface area contributed by atoms with Crippen LogP contribution < -0.4 is 15.8 Å². The van der Waals surface area contributed by atoms with Crippen molar-refractivity contribution < 1.29 is 9.53 Å². The Morgan fingerprint density at radius 1 is 1.42 bits per heavy atom. The fourth-order valence-electron chi connectivity index (χ4n) is 1.46. The van der Waals surface area contributed by atoms with E-state index in [-0.39, 0.29) is 24.4 Å². The SMILES string of the molecule is CC(C)Oc1cc(Br)cc(NC(=O)CCCN)c1.Cl. The molecule has 0 bridgehead atoms. The molecule has 0 aliphatic rings. The lowest BCUT2D eigenvalue weighted by molar-refractivity contribution is -0.116. The molecule has 0 aliphatic heterocycles. The summed E-state index contributed by atoms with van der Waals surface area (Å²) in [6.07, 6.45) is 1.22. The second kappa shape index (κ2) is 9.18. The molecule has 0 unspecified atom stereocenters. The highest BCUT2D eigenvalue weighted by molar-refractivity contribution is 9.10. The van der Waals surface area contributed by atoms with Crippen LogP contribution in [0.1, 0.15) is 26.7 Å². The highest BCUT2D eigenvalue weighted by Gasteiger charge is 2.06. The average molecular weight is 352 g/mol. The number of anilines is 1. The maximum Gasteiger partial charge on any atom is 0.224 e. The van der Waals surface area contributed by atoms with Gasteiger partial charge in [0.1, 0.15) is 5.75 Å². The van der Waals surface area contributed by atoms with Crippen LogP contribution in [0.4, 0.5) is 5.69 Å². The summed E-state index contributed by atoms with van der Waals surface area (Å²) in [4.78, 5) is 11.6. The first-order chi connectivity index (χ1) is 8.51. The molecule has 1 aromatic rings. The van der Waals surface area contributed by atoms with Crippen LogP contribution >= 0.6 is 28.3 Å². The lowest BCUT2D eigenvalue weighted by Gasteiger charge is -2.12. The molecule has 108 valence electrons. The zero-order valence-corrected chi connectivity index (χ0v) is 13.5. The fraction of sp³-hybridized carbons (Fsp3) is 0.462. The number of hydrogen-bond donors (Lipinski definition) is 2. The topological polar surface area (TPSA) is 64.3 Å². The minimum absolute atomic E-state index is 0. The lowest BCUT2D eigenvalue weighted by atomic mass is 10.2. The quantitative estimate of drug-likeness (QED) is 0.826. The molecule has 0 fully saturated rings. The molecule has 0 aliphatic carbocycles. The van der Waals surface area contributed by atoms with Crippen molar-refractivity contribution in [3.8, 4) is 5.75 Å². The number of nitrogens with two attached hydrogens (primary N) is 1. The van der Waals surface area contributed by atoms with Crippen molar-refractivity contribution in [3.63, 3.8) is 0 Å². The van der Waals surface area contributed by atoms with E-state index in [0.717, 1.165) is 15.9 Å². The number of amides is 1. The van der Waals surface area contributed by atoms with E-state index in [1.54, 1.807) is 0 Å². The zero-order chi connectivity index (χ0) is 13.5. The van der Waals surface area contributed by atoms with Crippen LogP contribution in [0.2, 0.25) is 0 Å². The van der Waals surface area contributed by atoms with Gasteiger partial charge in [-0.15, -0.1) is 12.4 Å². The summed E-state index contributed by atoms with van der Waals surface area (Å²) in [6.45, 7) is 4.44. The molecule has 0 heterocycles. The van der Waals surface area contributed by atoms with Crippen LogP contribution in [-0.2, 0) is 4.79 Å². The van der Waals surface area contributed by atoms with E-state index in [1.165, 1.54) is 0 Å². The molecule has 0 aromatic heterocycles. The molecule has 1 rings (SSSR count). The van der Waals surface area contributed by atoms with E-state index in [9.17, 15) is 4.79 Å². The van der Waals surface area contributed by atoms with Gasteiger partial charge in [0.05, 0.1) is 6.10 Å². The fourth-order valence-corrected chi connectivity index (χ4v) is 1.93. The van der Waals surface area contributed by atoms with E-state index in [4.69, 9.17) is 10.5 Å². The zero-order valence-electron chi connectivity index (χ0n) is 11.1. The summed E-state index contributed by atoms with van der Waals surface area (Å²) in [7, 11) is 0. The third-order valence-corrected chi connectivity index (χ3v) is 2.59. The number of carbonyl (C=O) groups excluding carboxylic acids is 1. The summed E-state index contributed by atoms with van der Waals surface area (Å²) in [5.41, 5.74) is 6.09. The molecule has 3 N–H and O–H groups in total. The van der Waals surface area contributed by atoms with Crippen molar-refractivity contribution in [2.24, 2.45) is 5.73 Å². The number of hydrogen-bond acceptors (Lipinski definition) is 3. The standard InChI is InChI=1S/C13H19BrN2O2.ClH/c1-9(2)18-12-7-10(14)6-11(8-12)16-13(17)4-3-5-15;/h6-9H,3-5,15H2,1-2H3,(H,16,17);1H. The van der Waals surface area contributed by atoms with Gasteiger partial charge in [-0.2, -0.15) is 0 Å². The van der Waals surface area contributed by atoms with Gasteiger partial charge in [-0.05, 0) is 38.9 Å². The Morgan fingerprint density at radius 2 is 2.11 bits per heavy atom. The van der Waals surface area contributed by atoms with Crippen LogP contribution in [0.5, 0.6) is 5.75 Å². The molecule has 19 heavy (non-hydrogen) atoms. The third-order valence-electron chi connectivity index (χ3n) is 2.13. The van der Waals surface area contributed by atoms with E-state index in [1.807, 2.05) is 32.0 Å². The van der Waals surface area contributed by atoms with Gasteiger partial charge in [0, 0.05) is 22.6 Å². The molecular weight excluding hydrogens is 332 g/mol. The number of ether oxygens (including phenoxy) is 1. The molecular formula is C13H20BrClN2O2. The Hall–Kier alpha value is -0.780. The van der Waals surface area contributed by atoms with Crippen LogP contribution in [-0.4, -0.2) is 18.6 Å². The van der Waals surface area contributed by atoms with Crippen molar-refractivity contribution in [2.75, 3.05) is 11.9 Å². The molecule has 0 saturated heterocycles. The minimum atomic E-state index is -0.0333. The Morgan fingerprint density at radius 3 is 2.68 bits per heavy atom. The minimum Gasteiger partial charge on any atom is -0.491 e. The highest BCUT2D eigenvalue weighted by atomic mass is 79.9. The number of nitrogens with one attached hydrogen (secondary N) is 1. The van der Waals surface area contributed by atoms with Crippen molar-refractivity contribution in [1.29, 1.82) is 0 Å². The first kappa shape index (κ1) is 18.2. The smallest absolute Gasteiger partial charge is 0.224 e. The molecule has 0 spiro atoms. The molecule has 1 amide bonds. The van der Waals surface area contributed by atoms with Crippen LogP contribution in [0, 0.1) is 0 Å². The first-order valence-electron chi connectivity index (χ1n) is 5.98. The lowest BCUT2D eigenvalue weighted by Crippen LogP contribution is -2.13. The molecule has 0 atom stereocenters. The van der Waals surface area contributed by atoms with Crippen LogP contribution in [0.25, 0.3) is 0 Å². The Balaban J connectivity index is 0.00000324. The summed E-state index contributed by atoms with van der Waals surface area (Å²) in [6, 6.07) is 5.52. The molecule has 1 aromatic carbocycles. The second-order valence-electron chi connectivity index (χ2n) is 4.28. The van der Waals surface area contributed by atoms with Crippen molar-refractivity contribution >= 4 is 39.9 Å². The van der Waals surface area contributed by atoms with Gasteiger partial charge >= 0.3 is 0 Å². The van der Waals surface area contributed by atoms with E-state index >= 15 is 0 Å². The maximum absolute atomic E-state index is 11.6. The summed E-state index contributed by atoms with van der Waals surface area (Å²) in [5.74, 6) is 0.697. The third kappa shape index (κ3) is 7.40. The monoisotopic (exact) mass is 350 g/mol. The normalized spacial score (nSPS) is 9.95. The van der Waals surface area contributed by atoms with Gasteiger partial charge in [-0.1, -0.05) is 15.9 Å². The van der Waals surface area contributed by atoms with Crippen LogP contribution in [0.3, 0.4) is 0 Å². The highest BCUT2D eigenvalue weighted by Crippen LogP contribution is 2.25. The van der Waals surface area contributed by atoms with E-state index in [2.05, 4.69) is 21.2 Å². The number of benzene rings is 1. The number of rotatable bonds is 6. The van der Waals surface area contributed by atoms with Crippen LogP contribution in [0.15, 0.2) is 22.7 Å². The van der Waals surface area contributed by atoms with Gasteiger partial charge in [-0.25, -0.2) is 0 Å². The molecule has 6 heteroatoms. The van der Waals surface area contributed by atoms with Crippen molar-refractivity contribution in [1.82, 2.24) is 0 Å². The van der Waals surface area contributed by atoms with Crippen molar-refractivity contribution in [3.05, 3.63) is 22.7 Å². The molecule has 0 saturated carbocycles. The average Bonchev–Trinajstić information content (AvgIpc) is 2.24. The molecule has 0 radical (unpaired) electrons. The molecule has 4 nitrogen and oxygen atoms in total. The Labute approximate surface area is 128 Å². The Kier molecular flexibility index (Phi) is 8.80. The summed E-state index contributed by atoms with van der Waals surface area (Å²) < 4.78 is 6.47. The predicted molar refractivity (Wildman–Crippen MR) is 84.1 cm³/mol. The second-order valence-corrected chi connectivity index (χ2v) is 5.20. The summed E-state index contributed by atoms with van der Waals surface area (Å²) >= 11 is 3.39. The number of carbonyl (C=O) groups is 1. The summed E-state index contributed by atoms with van der Waals surface area (Å²) in [5, 5.41) is 2.83. The van der Waals surface area contributed by atoms with Gasteiger partial charge in [-0.3, -0.25) is 4.79 Å². The van der Waals surface area contributed by atoms with Gasteiger partial charge < -0.3 is 15.8 Å². The maximum atomic E-state index is 11.6. The number of halogens is 2. The largest absolute Gasteiger partial charge is 0.491 e. The van der Waals surface area contributed by atoms with E-state index in [0.29, 0.717) is 19.4 Å². The van der Waals surface area contributed by atoms with Crippen molar-refractivity contribution in [2.45, 2.75) is 32.8 Å².